The largest absolute Gasteiger partial charge is 0.497 e. The van der Waals surface area contributed by atoms with E-state index in [2.05, 4.69) is 10.3 Å². The van der Waals surface area contributed by atoms with Crippen LogP contribution in [0, 0.1) is 0 Å². The van der Waals surface area contributed by atoms with Gasteiger partial charge in [0.15, 0.2) is 0 Å². The summed E-state index contributed by atoms with van der Waals surface area (Å²) in [6.45, 7) is 0. The summed E-state index contributed by atoms with van der Waals surface area (Å²) in [4.78, 5) is 28.4. The highest BCUT2D eigenvalue weighted by Gasteiger charge is 2.33. The summed E-state index contributed by atoms with van der Waals surface area (Å²) in [5.41, 5.74) is -0.436. The number of ether oxygens (including phenoxy) is 1. The second-order valence-electron chi connectivity index (χ2n) is 6.04. The average Bonchev–Trinajstić information content (AvgIpc) is 3.03. The van der Waals surface area contributed by atoms with Gasteiger partial charge < -0.3 is 10.1 Å². The fraction of sp³-hybridized carbons (Fsp3) is 0.211. The van der Waals surface area contributed by atoms with E-state index in [-0.39, 0.29) is 17.1 Å². The van der Waals surface area contributed by atoms with Crippen LogP contribution in [-0.4, -0.2) is 29.2 Å². The van der Waals surface area contributed by atoms with Gasteiger partial charge in [-0.25, -0.2) is 4.99 Å². The Morgan fingerprint density at radius 2 is 2.03 bits per heavy atom. The predicted octanol–water partition coefficient (Wildman–Crippen LogP) is 4.78. The van der Waals surface area contributed by atoms with Crippen LogP contribution in [0.4, 0.5) is 18.9 Å². The highest BCUT2D eigenvalue weighted by molar-refractivity contribution is 8.16. The van der Waals surface area contributed by atoms with Gasteiger partial charge in [0.05, 0.1) is 23.4 Å². The lowest BCUT2D eigenvalue weighted by Gasteiger charge is -2.12. The molecule has 10 heteroatoms. The molecule has 3 rings (SSSR count). The first-order valence-corrected chi connectivity index (χ1v) is 9.53. The van der Waals surface area contributed by atoms with Crippen LogP contribution in [-0.2, 0) is 15.8 Å². The van der Waals surface area contributed by atoms with E-state index in [4.69, 9.17) is 16.3 Å². The zero-order valence-electron chi connectivity index (χ0n) is 14.9. The minimum absolute atomic E-state index is 0.0370. The van der Waals surface area contributed by atoms with Gasteiger partial charge in [-0.3, -0.25) is 9.59 Å². The number of benzene rings is 2. The molecule has 2 amide bonds. The lowest BCUT2D eigenvalue weighted by molar-refractivity contribution is -0.137. The number of thioether (sulfide) groups is 1. The molecular formula is C19H14ClF3N2O3S. The molecule has 0 spiro atoms. The Labute approximate surface area is 173 Å². The maximum Gasteiger partial charge on any atom is 0.416 e. The number of rotatable bonds is 5. The summed E-state index contributed by atoms with van der Waals surface area (Å²) in [5, 5.41) is 1.97. The molecule has 2 aromatic rings. The number of nitrogens with zero attached hydrogens (tertiary/aromatic N) is 1. The second kappa shape index (κ2) is 8.46. The number of anilines is 1. The molecule has 0 bridgehead atoms. The molecule has 1 aliphatic rings. The van der Waals surface area contributed by atoms with Crippen molar-refractivity contribution in [2.24, 2.45) is 4.99 Å². The van der Waals surface area contributed by atoms with Crippen molar-refractivity contribution in [3.05, 3.63) is 58.6 Å². The van der Waals surface area contributed by atoms with Crippen LogP contribution in [0.3, 0.4) is 0 Å². The summed E-state index contributed by atoms with van der Waals surface area (Å²) in [5.74, 6) is -0.532. The van der Waals surface area contributed by atoms with Crippen molar-refractivity contribution >= 4 is 45.9 Å². The molecule has 1 atom stereocenters. The predicted molar refractivity (Wildman–Crippen MR) is 106 cm³/mol. The van der Waals surface area contributed by atoms with Crippen LogP contribution in [0.15, 0.2) is 47.5 Å². The van der Waals surface area contributed by atoms with Crippen molar-refractivity contribution in [3.8, 4) is 5.75 Å². The molecule has 1 heterocycles. The summed E-state index contributed by atoms with van der Waals surface area (Å²) in [6.07, 6.45) is -4.83. The molecule has 1 aliphatic heterocycles. The van der Waals surface area contributed by atoms with Crippen molar-refractivity contribution in [2.75, 3.05) is 12.4 Å². The number of aliphatic imine (C=N–C) groups is 1. The summed E-state index contributed by atoms with van der Waals surface area (Å²) >= 11 is 6.99. The van der Waals surface area contributed by atoms with E-state index in [9.17, 15) is 22.8 Å². The summed E-state index contributed by atoms with van der Waals surface area (Å²) in [7, 11) is 1.51. The Balaban J connectivity index is 1.67. The third-order valence-corrected chi connectivity index (χ3v) is 5.53. The Bertz CT molecular complexity index is 995. The molecule has 0 saturated heterocycles. The lowest BCUT2D eigenvalue weighted by Crippen LogP contribution is -2.21. The van der Waals surface area contributed by atoms with Gasteiger partial charge in [-0.2, -0.15) is 13.2 Å². The smallest absolute Gasteiger partial charge is 0.416 e. The Morgan fingerprint density at radius 1 is 1.28 bits per heavy atom. The molecule has 0 aliphatic carbocycles. The fourth-order valence-electron chi connectivity index (χ4n) is 2.57. The Morgan fingerprint density at radius 3 is 2.72 bits per heavy atom. The third kappa shape index (κ3) is 5.10. The number of amides is 2. The van der Waals surface area contributed by atoms with Crippen molar-refractivity contribution < 1.29 is 27.5 Å². The van der Waals surface area contributed by atoms with E-state index in [0.717, 1.165) is 30.0 Å². The first kappa shape index (κ1) is 21.2. The highest BCUT2D eigenvalue weighted by Crippen LogP contribution is 2.34. The number of methoxy groups -OCH3 is 1. The molecule has 2 aromatic carbocycles. The van der Waals surface area contributed by atoms with Crippen molar-refractivity contribution in [1.29, 1.82) is 0 Å². The van der Waals surface area contributed by atoms with E-state index in [1.807, 2.05) is 0 Å². The van der Waals surface area contributed by atoms with Gasteiger partial charge in [0.2, 0.25) is 5.91 Å². The molecule has 152 valence electrons. The third-order valence-electron chi connectivity index (χ3n) is 4.00. The van der Waals surface area contributed by atoms with Gasteiger partial charge in [-0.15, -0.1) is 0 Å². The number of nitrogens with one attached hydrogen (secondary N) is 1. The number of carbonyl (C=O) groups excluding carboxylic acids is 2. The first-order valence-electron chi connectivity index (χ1n) is 8.27. The lowest BCUT2D eigenvalue weighted by atomic mass is 10.2. The Hall–Kier alpha value is -2.52. The number of carbonyl (C=O) groups is 2. The number of hydrogen-bond acceptors (Lipinski definition) is 4. The van der Waals surface area contributed by atoms with E-state index in [1.165, 1.54) is 7.11 Å². The maximum absolute atomic E-state index is 12.8. The van der Waals surface area contributed by atoms with E-state index < -0.39 is 28.8 Å². The highest BCUT2D eigenvalue weighted by atomic mass is 35.5. The van der Waals surface area contributed by atoms with Crippen molar-refractivity contribution in [3.63, 3.8) is 0 Å². The molecule has 0 unspecified atom stereocenters. The van der Waals surface area contributed by atoms with Crippen LogP contribution in [0.5, 0.6) is 5.75 Å². The molecule has 0 aromatic heterocycles. The van der Waals surface area contributed by atoms with Crippen LogP contribution >= 0.6 is 23.4 Å². The minimum Gasteiger partial charge on any atom is -0.497 e. The van der Waals surface area contributed by atoms with Crippen molar-refractivity contribution in [1.82, 2.24) is 0 Å². The first-order chi connectivity index (χ1) is 13.7. The van der Waals surface area contributed by atoms with Crippen LogP contribution in [0.25, 0.3) is 0 Å². The molecule has 0 radical (unpaired) electrons. The molecule has 5 nitrogen and oxygen atoms in total. The molecule has 0 saturated carbocycles. The number of halogens is 4. The zero-order chi connectivity index (χ0) is 21.2. The van der Waals surface area contributed by atoms with E-state index in [0.29, 0.717) is 16.4 Å². The monoisotopic (exact) mass is 442 g/mol. The summed E-state index contributed by atoms with van der Waals surface area (Å²) in [6, 6.07) is 9.59. The van der Waals surface area contributed by atoms with Gasteiger partial charge in [-0.05, 0) is 30.3 Å². The zero-order valence-corrected chi connectivity index (χ0v) is 16.5. The van der Waals surface area contributed by atoms with Crippen molar-refractivity contribution in [2.45, 2.75) is 17.8 Å². The van der Waals surface area contributed by atoms with Gasteiger partial charge in [0.25, 0.3) is 5.91 Å². The van der Waals surface area contributed by atoms with Gasteiger partial charge >= 0.3 is 6.18 Å². The van der Waals surface area contributed by atoms with Gasteiger partial charge in [-0.1, -0.05) is 35.5 Å². The Kier molecular flexibility index (Phi) is 6.18. The van der Waals surface area contributed by atoms with E-state index in [1.54, 1.807) is 24.3 Å². The van der Waals surface area contributed by atoms with Gasteiger partial charge in [0.1, 0.15) is 16.0 Å². The average molecular weight is 443 g/mol. The molecule has 0 fully saturated rings. The molecule has 29 heavy (non-hydrogen) atoms. The topological polar surface area (TPSA) is 67.8 Å². The number of alkyl halides is 3. The number of hydrogen-bond donors (Lipinski definition) is 1. The van der Waals surface area contributed by atoms with Crippen LogP contribution in [0.2, 0.25) is 5.02 Å². The van der Waals surface area contributed by atoms with E-state index >= 15 is 0 Å². The van der Waals surface area contributed by atoms with Crippen LogP contribution < -0.4 is 10.1 Å². The minimum atomic E-state index is -4.57. The van der Waals surface area contributed by atoms with Gasteiger partial charge in [0, 0.05) is 12.0 Å². The molecule has 1 N–H and O–H groups in total. The maximum atomic E-state index is 12.8. The normalized spacial score (nSPS) is 16.5. The summed E-state index contributed by atoms with van der Waals surface area (Å²) < 4.78 is 43.7. The molecular weight excluding hydrogens is 429 g/mol. The van der Waals surface area contributed by atoms with Crippen LogP contribution in [0.1, 0.15) is 17.5 Å². The standard InChI is InChI=1S/C19H14ClF3N2O3S/c1-28-12-4-2-3-10(7-12)18-25-17(27)15(29-18)9-16(26)24-14-8-11(19(21,22)23)5-6-13(14)20/h2-8,15H,9H2,1H3,(H,24,26)/t15-/m1/s1. The fourth-order valence-corrected chi connectivity index (χ4v) is 3.80. The quantitative estimate of drug-likeness (QED) is 0.723. The SMILES string of the molecule is COc1cccc(C2=NC(=O)[C@@H](CC(=O)Nc3cc(C(F)(F)F)ccc3Cl)S2)c1. The second-order valence-corrected chi connectivity index (χ2v) is 7.64.